The molecule has 0 unspecified atom stereocenters. The average Bonchev–Trinajstić information content (AvgIpc) is 2.87. The highest BCUT2D eigenvalue weighted by atomic mass is 19.1. The minimum atomic E-state index is -0.514. The molecule has 2 rings (SSSR count). The zero-order chi connectivity index (χ0) is 13.7. The molecule has 0 fully saturated rings. The first-order valence-electron chi connectivity index (χ1n) is 6.01. The molecule has 4 nitrogen and oxygen atoms in total. The number of methoxy groups -OCH3 is 1. The van der Waals surface area contributed by atoms with E-state index in [1.807, 2.05) is 0 Å². The summed E-state index contributed by atoms with van der Waals surface area (Å²) in [5.41, 5.74) is 1.37. The second-order valence-electron chi connectivity index (χ2n) is 4.16. The van der Waals surface area contributed by atoms with Crippen molar-refractivity contribution in [3.8, 4) is 11.1 Å². The van der Waals surface area contributed by atoms with E-state index in [0.717, 1.165) is 18.5 Å². The van der Waals surface area contributed by atoms with Gasteiger partial charge in [0.25, 0.3) is 0 Å². The van der Waals surface area contributed by atoms with Gasteiger partial charge in [0.2, 0.25) is 0 Å². The van der Waals surface area contributed by atoms with E-state index in [4.69, 9.17) is 4.74 Å². The topological polar surface area (TPSA) is 44.1 Å². The molecule has 0 saturated heterocycles. The number of ether oxygens (including phenoxy) is 1. The predicted octanol–water partition coefficient (Wildman–Crippen LogP) is 2.54. The van der Waals surface area contributed by atoms with E-state index in [9.17, 15) is 9.18 Å². The predicted molar refractivity (Wildman–Crippen MR) is 69.5 cm³/mol. The van der Waals surface area contributed by atoms with Crippen LogP contribution in [0.2, 0.25) is 0 Å². The maximum atomic E-state index is 13.5. The molecule has 0 radical (unpaired) electrons. The average molecular weight is 262 g/mol. The molecule has 1 aromatic carbocycles. The first-order chi connectivity index (χ1) is 9.26. The zero-order valence-corrected chi connectivity index (χ0v) is 10.7. The molecule has 1 aromatic heterocycles. The number of hydrogen-bond donors (Lipinski definition) is 0. The number of carbonyl (C=O) groups is 1. The molecular formula is C14H15FN2O2. The number of aldehydes is 1. The van der Waals surface area contributed by atoms with Gasteiger partial charge in [0.15, 0.2) is 6.29 Å². The van der Waals surface area contributed by atoms with Gasteiger partial charge in [0, 0.05) is 32.0 Å². The highest BCUT2D eigenvalue weighted by Crippen LogP contribution is 2.24. The van der Waals surface area contributed by atoms with Gasteiger partial charge in [0.05, 0.1) is 11.8 Å². The number of carbonyl (C=O) groups excluding carboxylic acids is 1. The fourth-order valence-electron chi connectivity index (χ4n) is 1.90. The summed E-state index contributed by atoms with van der Waals surface area (Å²) >= 11 is 0. The minimum Gasteiger partial charge on any atom is -0.385 e. The molecule has 0 spiro atoms. The van der Waals surface area contributed by atoms with Crippen LogP contribution in [0.4, 0.5) is 4.39 Å². The lowest BCUT2D eigenvalue weighted by atomic mass is 10.0. The quantitative estimate of drug-likeness (QED) is 0.593. The van der Waals surface area contributed by atoms with Crippen molar-refractivity contribution >= 4 is 6.29 Å². The van der Waals surface area contributed by atoms with Gasteiger partial charge in [-0.1, -0.05) is 12.1 Å². The van der Waals surface area contributed by atoms with Crippen LogP contribution in [0.1, 0.15) is 16.8 Å². The van der Waals surface area contributed by atoms with Gasteiger partial charge in [-0.15, -0.1) is 0 Å². The molecule has 0 bridgehead atoms. The molecule has 0 aliphatic rings. The first-order valence-corrected chi connectivity index (χ1v) is 6.01. The van der Waals surface area contributed by atoms with Crippen LogP contribution >= 0.6 is 0 Å². The molecule has 0 amide bonds. The molecule has 0 N–H and O–H groups in total. The summed E-state index contributed by atoms with van der Waals surface area (Å²) in [6.45, 7) is 1.38. The van der Waals surface area contributed by atoms with Crippen molar-refractivity contribution in [2.45, 2.75) is 13.0 Å². The van der Waals surface area contributed by atoms with Crippen molar-refractivity contribution < 1.29 is 13.9 Å². The Hall–Kier alpha value is -2.01. The van der Waals surface area contributed by atoms with Gasteiger partial charge in [-0.25, -0.2) is 4.39 Å². The van der Waals surface area contributed by atoms with Crippen LogP contribution in [-0.4, -0.2) is 29.8 Å². The molecule has 5 heteroatoms. The standard InChI is InChI=1S/C14H15FN2O2/c1-19-7-3-6-17-9-11(8-16-17)12-4-2-5-14(15)13(12)10-18/h2,4-5,8-10H,3,6-7H2,1H3. The van der Waals surface area contributed by atoms with Crippen molar-refractivity contribution in [1.29, 1.82) is 0 Å². The van der Waals surface area contributed by atoms with E-state index in [-0.39, 0.29) is 5.56 Å². The summed E-state index contributed by atoms with van der Waals surface area (Å²) in [5.74, 6) is -0.514. The molecule has 19 heavy (non-hydrogen) atoms. The fraction of sp³-hybridized carbons (Fsp3) is 0.286. The Bertz CT molecular complexity index is 566. The van der Waals surface area contributed by atoms with E-state index in [2.05, 4.69) is 5.10 Å². The van der Waals surface area contributed by atoms with Gasteiger partial charge in [-0.05, 0) is 18.1 Å². The number of hydrogen-bond acceptors (Lipinski definition) is 3. The molecule has 100 valence electrons. The van der Waals surface area contributed by atoms with E-state index in [1.54, 1.807) is 36.3 Å². The van der Waals surface area contributed by atoms with Gasteiger partial charge in [-0.2, -0.15) is 5.10 Å². The summed E-state index contributed by atoms with van der Waals surface area (Å²) in [6.07, 6.45) is 4.82. The van der Waals surface area contributed by atoms with E-state index in [1.165, 1.54) is 6.07 Å². The van der Waals surface area contributed by atoms with Crippen molar-refractivity contribution in [3.63, 3.8) is 0 Å². The second-order valence-corrected chi connectivity index (χ2v) is 4.16. The van der Waals surface area contributed by atoms with Crippen molar-refractivity contribution in [3.05, 3.63) is 42.0 Å². The lowest BCUT2D eigenvalue weighted by Crippen LogP contribution is -2.01. The summed E-state index contributed by atoms with van der Waals surface area (Å²) in [6, 6.07) is 4.57. The third-order valence-electron chi connectivity index (χ3n) is 2.85. The molecular weight excluding hydrogens is 247 g/mol. The summed E-state index contributed by atoms with van der Waals surface area (Å²) < 4.78 is 20.2. The van der Waals surface area contributed by atoms with E-state index in [0.29, 0.717) is 18.5 Å². The Morgan fingerprint density at radius 2 is 2.32 bits per heavy atom. The first kappa shape index (κ1) is 13.4. The number of aryl methyl sites for hydroxylation is 1. The van der Waals surface area contributed by atoms with Crippen LogP contribution in [0.3, 0.4) is 0 Å². The molecule has 2 aromatic rings. The lowest BCUT2D eigenvalue weighted by Gasteiger charge is -2.03. The maximum Gasteiger partial charge on any atom is 0.153 e. The number of aromatic nitrogens is 2. The van der Waals surface area contributed by atoms with Crippen LogP contribution in [0, 0.1) is 5.82 Å². The van der Waals surface area contributed by atoms with Gasteiger partial charge < -0.3 is 4.74 Å². The fourth-order valence-corrected chi connectivity index (χ4v) is 1.90. The number of halogens is 1. The molecule has 0 saturated carbocycles. The summed E-state index contributed by atoms with van der Waals surface area (Å²) in [7, 11) is 1.65. The highest BCUT2D eigenvalue weighted by molar-refractivity contribution is 5.87. The molecule has 0 aliphatic heterocycles. The smallest absolute Gasteiger partial charge is 0.153 e. The van der Waals surface area contributed by atoms with Crippen molar-refractivity contribution in [2.24, 2.45) is 0 Å². The highest BCUT2D eigenvalue weighted by Gasteiger charge is 2.10. The van der Waals surface area contributed by atoms with Gasteiger partial charge in [-0.3, -0.25) is 9.48 Å². The Labute approximate surface area is 110 Å². The summed E-state index contributed by atoms with van der Waals surface area (Å²) in [5, 5.41) is 4.19. The third kappa shape index (κ3) is 3.06. The summed E-state index contributed by atoms with van der Waals surface area (Å²) in [4.78, 5) is 11.0. The normalized spacial score (nSPS) is 10.6. The van der Waals surface area contributed by atoms with Gasteiger partial charge >= 0.3 is 0 Å². The maximum absolute atomic E-state index is 13.5. The lowest BCUT2D eigenvalue weighted by molar-refractivity contribution is 0.112. The van der Waals surface area contributed by atoms with E-state index >= 15 is 0 Å². The number of benzene rings is 1. The second kappa shape index (κ2) is 6.24. The third-order valence-corrected chi connectivity index (χ3v) is 2.85. The van der Waals surface area contributed by atoms with Gasteiger partial charge in [0.1, 0.15) is 5.82 Å². The monoisotopic (exact) mass is 262 g/mol. The van der Waals surface area contributed by atoms with Crippen LogP contribution in [-0.2, 0) is 11.3 Å². The Kier molecular flexibility index (Phi) is 4.41. The molecule has 0 atom stereocenters. The number of nitrogens with zero attached hydrogens (tertiary/aromatic N) is 2. The van der Waals surface area contributed by atoms with Crippen LogP contribution < -0.4 is 0 Å². The minimum absolute atomic E-state index is 0.0685. The molecule has 0 aliphatic carbocycles. The Balaban J connectivity index is 2.23. The van der Waals surface area contributed by atoms with E-state index < -0.39 is 5.82 Å². The Morgan fingerprint density at radius 3 is 3.05 bits per heavy atom. The largest absolute Gasteiger partial charge is 0.385 e. The van der Waals surface area contributed by atoms with Crippen molar-refractivity contribution in [2.75, 3.05) is 13.7 Å². The number of rotatable bonds is 6. The zero-order valence-electron chi connectivity index (χ0n) is 10.7. The Morgan fingerprint density at radius 1 is 1.47 bits per heavy atom. The van der Waals surface area contributed by atoms with Crippen LogP contribution in [0.25, 0.3) is 11.1 Å². The van der Waals surface area contributed by atoms with Crippen molar-refractivity contribution in [1.82, 2.24) is 9.78 Å². The molecule has 1 heterocycles. The van der Waals surface area contributed by atoms with Crippen LogP contribution in [0.5, 0.6) is 0 Å². The SMILES string of the molecule is COCCCn1cc(-c2cccc(F)c2C=O)cn1. The van der Waals surface area contributed by atoms with Crippen LogP contribution in [0.15, 0.2) is 30.6 Å².